The van der Waals surface area contributed by atoms with E-state index >= 15 is 0 Å². The van der Waals surface area contributed by atoms with Gasteiger partial charge in [-0.25, -0.2) is 0 Å². The summed E-state index contributed by atoms with van der Waals surface area (Å²) in [5.41, 5.74) is 5.86. The van der Waals surface area contributed by atoms with E-state index in [-0.39, 0.29) is 16.3 Å². The summed E-state index contributed by atoms with van der Waals surface area (Å²) < 4.78 is 37.0. The van der Waals surface area contributed by atoms with E-state index in [0.29, 0.717) is 10.8 Å². The molecule has 2 aromatic carbocycles. The van der Waals surface area contributed by atoms with Crippen LogP contribution in [0.1, 0.15) is 0 Å². The van der Waals surface area contributed by atoms with Gasteiger partial charge in [0, 0.05) is 5.39 Å². The van der Waals surface area contributed by atoms with Gasteiger partial charge in [0.2, 0.25) is 0 Å². The molecule has 0 aromatic heterocycles. The number of hydrogen-bond donors (Lipinski definition) is 2. The highest BCUT2D eigenvalue weighted by Gasteiger charge is 2.22. The Morgan fingerprint density at radius 1 is 1.29 bits per heavy atom. The molecule has 0 aliphatic carbocycles. The van der Waals surface area contributed by atoms with Crippen molar-refractivity contribution >= 4 is 26.6 Å². The number of rotatable bonds is 2. The third-order valence-corrected chi connectivity index (χ3v) is 3.37. The molecule has 90 valence electrons. The predicted molar refractivity (Wildman–Crippen MR) is 64.7 cm³/mol. The number of ether oxygens (including phenoxy) is 1. The summed E-state index contributed by atoms with van der Waals surface area (Å²) in [5, 5.41) is 1.000. The quantitative estimate of drug-likeness (QED) is 0.627. The molecule has 0 unspecified atom stereocenters. The Hall–Kier alpha value is -1.79. The minimum Gasteiger partial charge on any atom is -0.493 e. The predicted octanol–water partition coefficient (Wildman–Crippen LogP) is 1.68. The van der Waals surface area contributed by atoms with Crippen LogP contribution >= 0.6 is 0 Å². The Morgan fingerprint density at radius 2 is 1.94 bits per heavy atom. The molecule has 17 heavy (non-hydrogen) atoms. The first-order valence-electron chi connectivity index (χ1n) is 4.78. The van der Waals surface area contributed by atoms with Crippen molar-refractivity contribution in [1.82, 2.24) is 0 Å². The molecule has 0 radical (unpaired) electrons. The first-order valence-corrected chi connectivity index (χ1v) is 6.22. The van der Waals surface area contributed by atoms with Gasteiger partial charge >= 0.3 is 0 Å². The number of fused-ring (bicyclic) bond motifs is 1. The van der Waals surface area contributed by atoms with E-state index in [1.165, 1.54) is 7.11 Å². The molecular weight excluding hydrogens is 242 g/mol. The van der Waals surface area contributed by atoms with Crippen molar-refractivity contribution in [2.45, 2.75) is 4.90 Å². The lowest BCUT2D eigenvalue weighted by molar-refractivity contribution is 0.401. The van der Waals surface area contributed by atoms with Crippen molar-refractivity contribution in [3.63, 3.8) is 0 Å². The van der Waals surface area contributed by atoms with Crippen LogP contribution in [0.4, 0.5) is 5.69 Å². The zero-order valence-electron chi connectivity index (χ0n) is 9.04. The van der Waals surface area contributed by atoms with Gasteiger partial charge in [0.15, 0.2) is 5.75 Å². The molecule has 2 rings (SSSR count). The molecule has 0 aliphatic heterocycles. The fourth-order valence-electron chi connectivity index (χ4n) is 1.78. The van der Waals surface area contributed by atoms with Crippen molar-refractivity contribution in [3.05, 3.63) is 30.3 Å². The Bertz CT molecular complexity index is 679. The largest absolute Gasteiger partial charge is 0.493 e. The van der Waals surface area contributed by atoms with Crippen LogP contribution in [-0.4, -0.2) is 20.1 Å². The third kappa shape index (κ3) is 1.92. The van der Waals surface area contributed by atoms with E-state index in [4.69, 9.17) is 10.5 Å². The van der Waals surface area contributed by atoms with Gasteiger partial charge in [-0.05, 0) is 11.5 Å². The summed E-state index contributed by atoms with van der Waals surface area (Å²) in [6.07, 6.45) is 0. The molecule has 0 saturated carbocycles. The Labute approximate surface area is 98.6 Å². The SMILES string of the molecule is COc1c(N)cc2ccccc2c1S(=O)(=O)O. The van der Waals surface area contributed by atoms with Gasteiger partial charge in [-0.1, -0.05) is 24.3 Å². The summed E-state index contributed by atoms with van der Waals surface area (Å²) in [5.74, 6) is -0.0359. The van der Waals surface area contributed by atoms with Crippen molar-refractivity contribution in [1.29, 1.82) is 0 Å². The molecular formula is C11H11NO4S. The Balaban J connectivity index is 3.03. The van der Waals surface area contributed by atoms with Crippen LogP contribution in [0.5, 0.6) is 5.75 Å². The number of benzene rings is 2. The summed E-state index contributed by atoms with van der Waals surface area (Å²) in [6.45, 7) is 0. The van der Waals surface area contributed by atoms with Crippen LogP contribution in [0.2, 0.25) is 0 Å². The van der Waals surface area contributed by atoms with Gasteiger partial charge < -0.3 is 10.5 Å². The first kappa shape index (κ1) is 11.7. The van der Waals surface area contributed by atoms with Crippen LogP contribution in [0.3, 0.4) is 0 Å². The summed E-state index contributed by atoms with van der Waals surface area (Å²) >= 11 is 0. The van der Waals surface area contributed by atoms with Crippen molar-refractivity contribution in [2.24, 2.45) is 0 Å². The van der Waals surface area contributed by atoms with E-state index in [0.717, 1.165) is 0 Å². The number of nitrogen functional groups attached to an aromatic ring is 1. The maximum absolute atomic E-state index is 11.4. The highest BCUT2D eigenvalue weighted by Crippen LogP contribution is 2.36. The standard InChI is InChI=1S/C11H11NO4S/c1-16-10-9(12)6-7-4-2-3-5-8(7)11(10)17(13,14)15/h2-6H,12H2,1H3,(H,13,14,15). The Kier molecular flexibility index (Phi) is 2.68. The lowest BCUT2D eigenvalue weighted by Gasteiger charge is -2.12. The lowest BCUT2D eigenvalue weighted by atomic mass is 10.1. The number of methoxy groups -OCH3 is 1. The molecule has 3 N–H and O–H groups in total. The molecule has 5 nitrogen and oxygen atoms in total. The molecule has 2 aromatic rings. The van der Waals surface area contributed by atoms with Crippen LogP contribution in [-0.2, 0) is 10.1 Å². The van der Waals surface area contributed by atoms with Crippen LogP contribution in [0, 0.1) is 0 Å². The highest BCUT2D eigenvalue weighted by atomic mass is 32.2. The molecule has 0 spiro atoms. The second-order valence-corrected chi connectivity index (χ2v) is 4.88. The van der Waals surface area contributed by atoms with Gasteiger partial charge in [-0.3, -0.25) is 4.55 Å². The van der Waals surface area contributed by atoms with Gasteiger partial charge in [-0.2, -0.15) is 8.42 Å². The average Bonchev–Trinajstić information content (AvgIpc) is 2.25. The fraction of sp³-hybridized carbons (Fsp3) is 0.0909. The maximum atomic E-state index is 11.4. The van der Waals surface area contributed by atoms with Gasteiger partial charge in [0.25, 0.3) is 10.1 Å². The van der Waals surface area contributed by atoms with E-state index in [1.807, 2.05) is 0 Å². The number of hydrogen-bond acceptors (Lipinski definition) is 4. The second-order valence-electron chi connectivity index (χ2n) is 3.52. The van der Waals surface area contributed by atoms with Crippen molar-refractivity contribution in [3.8, 4) is 5.75 Å². The van der Waals surface area contributed by atoms with Gasteiger partial charge in [-0.15, -0.1) is 0 Å². The molecule has 0 heterocycles. The fourth-order valence-corrected chi connectivity index (χ4v) is 2.68. The summed E-state index contributed by atoms with van der Waals surface area (Å²) in [4.78, 5) is -0.296. The number of nitrogens with two attached hydrogens (primary N) is 1. The highest BCUT2D eigenvalue weighted by molar-refractivity contribution is 7.86. The van der Waals surface area contributed by atoms with E-state index in [9.17, 15) is 13.0 Å². The second kappa shape index (κ2) is 3.90. The first-order chi connectivity index (χ1) is 7.95. The van der Waals surface area contributed by atoms with Crippen molar-refractivity contribution < 1.29 is 17.7 Å². The van der Waals surface area contributed by atoms with Crippen LogP contribution in [0.15, 0.2) is 35.2 Å². The molecule has 0 aliphatic rings. The van der Waals surface area contributed by atoms with Crippen LogP contribution < -0.4 is 10.5 Å². The van der Waals surface area contributed by atoms with Crippen LogP contribution in [0.25, 0.3) is 10.8 Å². The smallest absolute Gasteiger partial charge is 0.298 e. The summed E-state index contributed by atoms with van der Waals surface area (Å²) in [6, 6.07) is 8.32. The lowest BCUT2D eigenvalue weighted by Crippen LogP contribution is -2.05. The van der Waals surface area contributed by atoms with E-state index in [2.05, 4.69) is 0 Å². The minimum absolute atomic E-state index is 0.0359. The molecule has 0 bridgehead atoms. The molecule has 0 amide bonds. The number of anilines is 1. The maximum Gasteiger partial charge on any atom is 0.298 e. The Morgan fingerprint density at radius 3 is 2.53 bits per heavy atom. The molecule has 0 saturated heterocycles. The van der Waals surface area contributed by atoms with E-state index in [1.54, 1.807) is 30.3 Å². The molecule has 6 heteroatoms. The van der Waals surface area contributed by atoms with Gasteiger partial charge in [0.05, 0.1) is 12.8 Å². The zero-order chi connectivity index (χ0) is 12.6. The normalized spacial score (nSPS) is 11.6. The van der Waals surface area contributed by atoms with Crippen molar-refractivity contribution in [2.75, 3.05) is 12.8 Å². The molecule has 0 fully saturated rings. The third-order valence-electron chi connectivity index (χ3n) is 2.45. The minimum atomic E-state index is -4.40. The van der Waals surface area contributed by atoms with E-state index < -0.39 is 10.1 Å². The topological polar surface area (TPSA) is 89.6 Å². The zero-order valence-corrected chi connectivity index (χ0v) is 9.86. The average molecular weight is 253 g/mol. The monoisotopic (exact) mass is 253 g/mol. The molecule has 0 atom stereocenters. The van der Waals surface area contributed by atoms with Gasteiger partial charge in [0.1, 0.15) is 4.90 Å². The summed E-state index contributed by atoms with van der Waals surface area (Å²) in [7, 11) is -3.10.